The van der Waals surface area contributed by atoms with E-state index in [1.165, 1.54) is 35.1 Å². The van der Waals surface area contributed by atoms with Crippen LogP contribution in [0.15, 0.2) is 255 Å². The third-order valence-electron chi connectivity index (χ3n) is 18.0. The Kier molecular flexibility index (Phi) is 45.4. The maximum atomic E-state index is 13.3. The summed E-state index contributed by atoms with van der Waals surface area (Å²) < 4.78 is 13.9. The smallest absolute Gasteiger partial charge is 1.00 e. The molecule has 3 unspecified atom stereocenters. The van der Waals surface area contributed by atoms with Gasteiger partial charge in [-0.05, 0) is 216 Å². The number of aromatic nitrogens is 6. The van der Waals surface area contributed by atoms with Crippen LogP contribution in [0, 0.1) is 33.9 Å². The van der Waals surface area contributed by atoms with E-state index >= 15 is 0 Å². The van der Waals surface area contributed by atoms with E-state index in [4.69, 9.17) is 40.3 Å². The van der Waals surface area contributed by atoms with E-state index in [0.29, 0.717) is 69.0 Å². The second kappa shape index (κ2) is 54.6. The van der Waals surface area contributed by atoms with Gasteiger partial charge in [0.05, 0.1) is 59.4 Å². The molecule has 22 nitrogen and oxygen atoms in total. The number of aliphatic hydroxyl groups is 1. The van der Waals surface area contributed by atoms with Gasteiger partial charge in [0.1, 0.15) is 23.2 Å². The Hall–Kier alpha value is -10.5. The first-order valence-electron chi connectivity index (χ1n) is 39.1. The van der Waals surface area contributed by atoms with E-state index in [2.05, 4.69) is 142 Å². The minimum atomic E-state index is -1.67. The normalized spacial score (nSPS) is 11.1. The number of nitrogens with one attached hydrogen (secondary N) is 5. The van der Waals surface area contributed by atoms with E-state index in [1.54, 1.807) is 88.2 Å². The van der Waals surface area contributed by atoms with E-state index in [9.17, 15) is 19.5 Å². The van der Waals surface area contributed by atoms with Gasteiger partial charge in [-0.15, -0.1) is 0 Å². The first-order chi connectivity index (χ1) is 56.8. The molecule has 3 radical (unpaired) electrons. The molecule has 0 saturated heterocycles. The van der Waals surface area contributed by atoms with Gasteiger partial charge in [-0.1, -0.05) is 210 Å². The number of carbonyl (C=O) groups excluding carboxylic acids is 3. The van der Waals surface area contributed by atoms with Gasteiger partial charge in [0.25, 0.3) is 17.7 Å². The molecule has 0 fully saturated rings. The molecule has 119 heavy (non-hydrogen) atoms. The van der Waals surface area contributed by atoms with Crippen LogP contribution in [0.1, 0.15) is 186 Å². The molecule has 0 saturated carbocycles. The zero-order valence-corrected chi connectivity index (χ0v) is 73.1. The molecular formula is C92H108BCl2N17NaO5S. The first-order valence-corrected chi connectivity index (χ1v) is 41.9. The number of aliphatic hydroxyl groups excluding tert-OH is 1. The molecule has 3 aromatic heterocycles. The van der Waals surface area contributed by atoms with Crippen molar-refractivity contribution in [3.63, 3.8) is 0 Å². The van der Waals surface area contributed by atoms with Crippen LogP contribution in [0.25, 0.3) is 26.8 Å². The number of anilines is 3. The van der Waals surface area contributed by atoms with Crippen molar-refractivity contribution in [2.75, 3.05) is 48.7 Å². The number of halogens is 2. The number of amides is 3. The van der Waals surface area contributed by atoms with Crippen molar-refractivity contribution in [3.05, 3.63) is 351 Å². The number of hydrogen-bond donors (Lipinski definition) is 10. The summed E-state index contributed by atoms with van der Waals surface area (Å²) in [6.07, 6.45) is 9.48. The number of rotatable bonds is 30. The molecule has 14 N–H and O–H groups in total. The van der Waals surface area contributed by atoms with Crippen LogP contribution >= 0.6 is 21.4 Å². The van der Waals surface area contributed by atoms with Crippen molar-refractivity contribution in [3.8, 4) is 17.1 Å². The maximum absolute atomic E-state index is 13.3. The first kappa shape index (κ1) is 99.1. The Morgan fingerprint density at radius 1 is 0.429 bits per heavy atom. The molecule has 12 aromatic rings. The molecule has 12 rings (SSSR count). The predicted octanol–water partition coefficient (Wildman–Crippen LogP) is 15.5. The van der Waals surface area contributed by atoms with Crippen LogP contribution < -0.4 is 79.1 Å². The summed E-state index contributed by atoms with van der Waals surface area (Å²) in [5.41, 5.74) is 36.9. The molecule has 0 aliphatic heterocycles. The Morgan fingerprint density at radius 2 is 0.748 bits per heavy atom. The second-order valence-corrected chi connectivity index (χ2v) is 29.7. The number of benzene rings is 9. The topological polar surface area (TPSA) is 315 Å². The van der Waals surface area contributed by atoms with Crippen LogP contribution in [0.3, 0.4) is 0 Å². The Labute approximate surface area is 737 Å². The van der Waals surface area contributed by atoms with Crippen molar-refractivity contribution >= 4 is 85.2 Å². The standard InChI is InChI=1S/C29H29N5O.C29H33N5O.C25H20N4O2.C5H14N2.C4H11N.B.Cl2OS.Na.H/c1-4-5-17-31-28(22-11-7-6-8-12-22)23-13-9-15-25(19-23)32-29(35)27-18-21(2)33-34(27)26-16-10-14-24(20-26)30-3;1-3-4-16-31-28(23-11-6-5-7-12-23)24-13-9-14-25(19-24)32-29(35)27-17-21(2)33-34(27)26-15-8-10-22(18-26)20-30;1-17-14-23(29(28-17)22-13-7-11-20(16-22)26-2)25(31)27-21-12-6-10-19(15-21)24(30)18-8-4-3-5-9-18;6-4-2-1-3-5-7;1-2-3-4-5;;1-4(2)3;;/h6-16,18-20,28,31H,4-5,17H2,1-2H3,(H,32,35);5-15,17-19,28,31H,3-4,16,20,30H2,1-2H3,(H,32,35);3-16,24,30H,1H3,(H,27,31);1-7H2;2-5H2,1H3;;;;/q;;;;;;;+1;-1. The van der Waals surface area contributed by atoms with Gasteiger partial charge in [0, 0.05) is 53.4 Å². The third kappa shape index (κ3) is 32.6. The van der Waals surface area contributed by atoms with E-state index in [0.717, 1.165) is 116 Å². The molecule has 0 spiro atoms. The Bertz CT molecular complexity index is 5160. The van der Waals surface area contributed by atoms with Gasteiger partial charge in [-0.3, -0.25) is 14.4 Å². The van der Waals surface area contributed by atoms with Crippen molar-refractivity contribution < 1.29 is 54.7 Å². The number of aryl methyl sites for hydroxylation is 3. The predicted molar refractivity (Wildman–Crippen MR) is 484 cm³/mol. The largest absolute Gasteiger partial charge is 1.00 e. The summed E-state index contributed by atoms with van der Waals surface area (Å²) in [7, 11) is 7.36. The van der Waals surface area contributed by atoms with Crippen LogP contribution in [-0.2, 0) is 15.8 Å². The minimum absolute atomic E-state index is 0. The summed E-state index contributed by atoms with van der Waals surface area (Å²) in [6.45, 7) is 31.2. The zero-order valence-electron chi connectivity index (χ0n) is 69.8. The molecule has 27 heteroatoms. The number of nitrogens with zero attached hydrogens (tertiary/aromatic N) is 8. The summed E-state index contributed by atoms with van der Waals surface area (Å²) in [5, 5.41) is 40.4. The molecule has 615 valence electrons. The average molecular weight is 1670 g/mol. The average Bonchev–Trinajstić information content (AvgIpc) is 1.63. The summed E-state index contributed by atoms with van der Waals surface area (Å²) >= 11 is 0. The van der Waals surface area contributed by atoms with E-state index in [1.807, 2.05) is 148 Å². The molecule has 3 amide bonds. The van der Waals surface area contributed by atoms with Gasteiger partial charge in [-0.2, -0.15) is 15.3 Å². The molecule has 0 aliphatic rings. The summed E-state index contributed by atoms with van der Waals surface area (Å²) in [4.78, 5) is 46.6. The van der Waals surface area contributed by atoms with Gasteiger partial charge in [0.2, 0.25) is 9.23 Å². The SMILES string of the molecule is CCCCN.CCCCNC(c1ccccc1)c1cccc(NC(=O)c2cc(C)nn2-c2cccc(CN)c2)c1.NCCCCCN.O=S(Cl)Cl.[B].[C-]#[N+]c1cccc(-n2nc(C)cc2C(=O)Nc2cccc(C(NCCCC)c3ccccc3)c2)c1.[C-]#[N+]c1cccc(-n2nc(C)cc2C(=O)Nc2cccc(C(O)c3ccccc3)c2)c1.[H-].[Na+]. The molecule has 3 atom stereocenters. The van der Waals surface area contributed by atoms with Gasteiger partial charge in [0.15, 0.2) is 11.4 Å². The molecule has 3 heterocycles. The monoisotopic (exact) mass is 1670 g/mol. The van der Waals surface area contributed by atoms with Crippen molar-refractivity contribution in [1.82, 2.24) is 40.0 Å². The minimum Gasteiger partial charge on any atom is -1.00 e. The van der Waals surface area contributed by atoms with E-state index < -0.39 is 15.3 Å². The van der Waals surface area contributed by atoms with Crippen molar-refractivity contribution in [2.24, 2.45) is 22.9 Å². The molecule has 0 bridgehead atoms. The number of hydrogen-bond acceptors (Lipinski definition) is 14. The van der Waals surface area contributed by atoms with Crippen LogP contribution in [0.5, 0.6) is 0 Å². The van der Waals surface area contributed by atoms with Crippen LogP contribution in [0.2, 0.25) is 0 Å². The van der Waals surface area contributed by atoms with Crippen molar-refractivity contribution in [2.45, 2.75) is 124 Å². The quantitative estimate of drug-likeness (QED) is 0.00866. The maximum Gasteiger partial charge on any atom is 1.00 e. The zero-order chi connectivity index (χ0) is 84.3. The van der Waals surface area contributed by atoms with E-state index in [-0.39, 0.29) is 69.2 Å². The van der Waals surface area contributed by atoms with Crippen LogP contribution in [-0.4, -0.2) is 97.5 Å². The summed E-state index contributed by atoms with van der Waals surface area (Å²) in [5.74, 6) is -0.803. The van der Waals surface area contributed by atoms with Gasteiger partial charge in [-0.25, -0.2) is 27.9 Å². The molecular weight excluding hydrogens is 1560 g/mol. The van der Waals surface area contributed by atoms with Gasteiger partial charge < -0.3 is 56.1 Å². The fourth-order valence-corrected chi connectivity index (χ4v) is 12.2. The van der Waals surface area contributed by atoms with Crippen molar-refractivity contribution in [1.29, 1.82) is 0 Å². The molecule has 0 aliphatic carbocycles. The molecule has 9 aromatic carbocycles. The number of nitrogens with two attached hydrogens (primary N) is 4. The summed E-state index contributed by atoms with van der Waals surface area (Å²) in [6, 6.07) is 80.3. The Morgan fingerprint density at radius 3 is 1.08 bits per heavy atom. The van der Waals surface area contributed by atoms with Crippen LogP contribution in [0.4, 0.5) is 28.4 Å². The fraction of sp³-hybridized carbons (Fsp3) is 0.261. The fourth-order valence-electron chi connectivity index (χ4n) is 12.2. The number of unbranched alkanes of at least 4 members (excludes halogenated alkanes) is 5. The Balaban J connectivity index is 0.000000342. The second-order valence-electron chi connectivity index (χ2n) is 27.2. The van der Waals surface area contributed by atoms with Gasteiger partial charge >= 0.3 is 29.6 Å². The third-order valence-corrected chi connectivity index (χ3v) is 18.0. The number of carbonyl (C=O) groups is 3.